The third-order valence-corrected chi connectivity index (χ3v) is 7.74. The van der Waals surface area contributed by atoms with Gasteiger partial charge in [0.1, 0.15) is 10.1 Å². The number of hydrogen-bond acceptors (Lipinski definition) is 5. The average Bonchev–Trinajstić information content (AvgIpc) is 2.73. The van der Waals surface area contributed by atoms with E-state index >= 15 is 0 Å². The molecule has 1 aromatic carbocycles. The molecule has 1 atom stereocenters. The summed E-state index contributed by atoms with van der Waals surface area (Å²) in [5, 5.41) is 0.176. The maximum atomic E-state index is 12.8. The summed E-state index contributed by atoms with van der Waals surface area (Å²) < 4.78 is 27.0. The molecule has 0 aliphatic carbocycles. The van der Waals surface area contributed by atoms with Crippen molar-refractivity contribution in [2.45, 2.75) is 34.4 Å². The fourth-order valence-electron chi connectivity index (χ4n) is 3.09. The van der Waals surface area contributed by atoms with Gasteiger partial charge in [0.2, 0.25) is 15.9 Å². The van der Waals surface area contributed by atoms with Crippen molar-refractivity contribution in [3.8, 4) is 0 Å². The van der Waals surface area contributed by atoms with Gasteiger partial charge in [0.05, 0.1) is 5.03 Å². The Morgan fingerprint density at radius 2 is 1.75 bits per heavy atom. The van der Waals surface area contributed by atoms with Crippen LogP contribution in [-0.2, 0) is 14.8 Å². The molecule has 2 aromatic rings. The number of pyridine rings is 1. The molecule has 1 fully saturated rings. The van der Waals surface area contributed by atoms with E-state index in [1.807, 2.05) is 30.3 Å². The smallest absolute Gasteiger partial charge is 0.244 e. The molecule has 1 aliphatic heterocycles. The number of rotatable bonds is 6. The summed E-state index contributed by atoms with van der Waals surface area (Å²) in [7, 11) is -0.0572. The molecular formula is C20H25N3O3S2. The van der Waals surface area contributed by atoms with Gasteiger partial charge in [-0.15, -0.1) is 0 Å². The lowest BCUT2D eigenvalue weighted by Crippen LogP contribution is -2.35. The molecule has 1 saturated heterocycles. The van der Waals surface area contributed by atoms with Gasteiger partial charge in [-0.1, -0.05) is 48.5 Å². The zero-order valence-corrected chi connectivity index (χ0v) is 17.7. The number of carbonyl (C=O) groups is 1. The van der Waals surface area contributed by atoms with Crippen LogP contribution in [0.1, 0.15) is 30.1 Å². The quantitative estimate of drug-likeness (QED) is 0.673. The molecule has 3 rings (SSSR count). The van der Waals surface area contributed by atoms with Gasteiger partial charge in [-0.05, 0) is 30.5 Å². The second kappa shape index (κ2) is 9.07. The molecule has 0 radical (unpaired) electrons. The maximum absolute atomic E-state index is 12.8. The van der Waals surface area contributed by atoms with Crippen molar-refractivity contribution in [3.63, 3.8) is 0 Å². The second-order valence-corrected chi connectivity index (χ2v) is 10.0. The van der Waals surface area contributed by atoms with E-state index in [0.717, 1.165) is 24.8 Å². The number of amides is 1. The van der Waals surface area contributed by atoms with Crippen molar-refractivity contribution in [2.24, 2.45) is 0 Å². The fraction of sp³-hybridized carbons (Fsp3) is 0.400. The Bertz CT molecular complexity index is 894. The topological polar surface area (TPSA) is 70.6 Å². The van der Waals surface area contributed by atoms with Crippen LogP contribution in [0.25, 0.3) is 0 Å². The van der Waals surface area contributed by atoms with Gasteiger partial charge in [-0.3, -0.25) is 4.79 Å². The van der Waals surface area contributed by atoms with E-state index < -0.39 is 15.3 Å². The lowest BCUT2D eigenvalue weighted by Gasteiger charge is -2.25. The normalized spacial score (nSPS) is 16.5. The van der Waals surface area contributed by atoms with E-state index in [-0.39, 0.29) is 10.8 Å². The van der Waals surface area contributed by atoms with Crippen molar-refractivity contribution in [3.05, 3.63) is 54.2 Å². The zero-order chi connectivity index (χ0) is 20.1. The fourth-order valence-corrected chi connectivity index (χ4v) is 5.66. The molecule has 1 amide bonds. The van der Waals surface area contributed by atoms with E-state index in [1.165, 1.54) is 22.3 Å². The largest absolute Gasteiger partial charge is 0.348 e. The monoisotopic (exact) mass is 419 g/mol. The number of thioether (sulfide) groups is 1. The maximum Gasteiger partial charge on any atom is 0.244 e. The number of carbonyl (C=O) groups excluding carboxylic acids is 1. The van der Waals surface area contributed by atoms with Crippen LogP contribution in [0, 0.1) is 0 Å². The molecule has 0 unspecified atom stereocenters. The minimum atomic E-state index is -3.50. The van der Waals surface area contributed by atoms with Gasteiger partial charge >= 0.3 is 0 Å². The molecule has 0 N–H and O–H groups in total. The molecule has 1 aromatic heterocycles. The summed E-state index contributed by atoms with van der Waals surface area (Å²) >= 11 is 1.32. The summed E-state index contributed by atoms with van der Waals surface area (Å²) in [5.41, 5.74) is 0.887. The van der Waals surface area contributed by atoms with E-state index in [9.17, 15) is 13.2 Å². The lowest BCUT2D eigenvalue weighted by molar-refractivity contribution is -0.128. The Hall–Kier alpha value is -1.90. The highest BCUT2D eigenvalue weighted by atomic mass is 32.2. The number of sulfonamides is 1. The Balaban J connectivity index is 1.80. The van der Waals surface area contributed by atoms with E-state index in [4.69, 9.17) is 0 Å². The molecule has 150 valence electrons. The predicted octanol–water partition coefficient (Wildman–Crippen LogP) is 3.18. The number of nitrogens with zero attached hydrogens (tertiary/aromatic N) is 3. The first-order valence-corrected chi connectivity index (χ1v) is 11.6. The molecular weight excluding hydrogens is 394 g/mol. The van der Waals surface area contributed by atoms with Gasteiger partial charge in [-0.25, -0.2) is 13.4 Å². The molecule has 8 heteroatoms. The highest BCUT2D eigenvalue weighted by Gasteiger charge is 2.27. The molecule has 0 bridgehead atoms. The van der Waals surface area contributed by atoms with Gasteiger partial charge in [0.25, 0.3) is 0 Å². The highest BCUT2D eigenvalue weighted by Crippen LogP contribution is 2.35. The minimum Gasteiger partial charge on any atom is -0.348 e. The van der Waals surface area contributed by atoms with Crippen molar-refractivity contribution in [1.29, 1.82) is 0 Å². The highest BCUT2D eigenvalue weighted by molar-refractivity contribution is 8.00. The Labute approximate surface area is 171 Å². The third kappa shape index (κ3) is 4.74. The van der Waals surface area contributed by atoms with Gasteiger partial charge in [-0.2, -0.15) is 4.31 Å². The van der Waals surface area contributed by atoms with Crippen molar-refractivity contribution >= 4 is 27.7 Å². The molecule has 2 heterocycles. The minimum absolute atomic E-state index is 0.0389. The van der Waals surface area contributed by atoms with E-state index in [0.29, 0.717) is 18.1 Å². The average molecular weight is 420 g/mol. The van der Waals surface area contributed by atoms with Crippen LogP contribution in [-0.4, -0.2) is 55.7 Å². The van der Waals surface area contributed by atoms with Crippen molar-refractivity contribution in [2.75, 3.05) is 27.2 Å². The molecule has 28 heavy (non-hydrogen) atoms. The third-order valence-electron chi connectivity index (χ3n) is 4.67. The van der Waals surface area contributed by atoms with Crippen LogP contribution in [0.15, 0.2) is 58.6 Å². The van der Waals surface area contributed by atoms with Gasteiger partial charge in [0.15, 0.2) is 0 Å². The van der Waals surface area contributed by atoms with Crippen LogP contribution >= 0.6 is 11.8 Å². The number of likely N-dealkylation sites (N-methyl/N-ethyl adjacent to an activating group) is 1. The Morgan fingerprint density at radius 1 is 1.07 bits per heavy atom. The summed E-state index contributed by atoms with van der Waals surface area (Å²) in [6, 6.07) is 12.8. The summed E-state index contributed by atoms with van der Waals surface area (Å²) in [6.45, 7) is 1.12. The van der Waals surface area contributed by atoms with Crippen LogP contribution in [0.4, 0.5) is 0 Å². The zero-order valence-electron chi connectivity index (χ0n) is 16.1. The number of piperidine rings is 1. The van der Waals surface area contributed by atoms with Crippen LogP contribution in [0.2, 0.25) is 0 Å². The number of hydrogen-bond donors (Lipinski definition) is 0. The lowest BCUT2D eigenvalue weighted by atomic mass is 10.1. The summed E-state index contributed by atoms with van der Waals surface area (Å²) in [4.78, 5) is 18.7. The molecule has 0 spiro atoms. The molecule has 6 nitrogen and oxygen atoms in total. The van der Waals surface area contributed by atoms with Crippen LogP contribution in [0.3, 0.4) is 0 Å². The first-order chi connectivity index (χ1) is 13.4. The van der Waals surface area contributed by atoms with Gasteiger partial charge < -0.3 is 4.90 Å². The SMILES string of the molecule is CN(C)C(=O)[C@H](Sc1ccc(S(=O)(=O)N2CCCCC2)cn1)c1ccccc1. The standard InChI is InChI=1S/C20H25N3O3S2/c1-22(2)20(24)19(16-9-5-3-6-10-16)27-18-12-11-17(15-21-18)28(25,26)23-13-7-4-8-14-23/h3,5-6,9-12,15,19H,4,7-8,13-14H2,1-2H3/t19-/m1/s1. The van der Waals surface area contributed by atoms with E-state index in [1.54, 1.807) is 31.1 Å². The Morgan fingerprint density at radius 3 is 2.32 bits per heavy atom. The van der Waals surface area contributed by atoms with Crippen molar-refractivity contribution in [1.82, 2.24) is 14.2 Å². The van der Waals surface area contributed by atoms with Crippen molar-refractivity contribution < 1.29 is 13.2 Å². The summed E-state index contributed by atoms with van der Waals surface area (Å²) in [5.74, 6) is -0.0389. The Kier molecular flexibility index (Phi) is 6.74. The molecule has 1 aliphatic rings. The van der Waals surface area contributed by atoms with Crippen LogP contribution in [0.5, 0.6) is 0 Å². The first-order valence-electron chi connectivity index (χ1n) is 9.28. The van der Waals surface area contributed by atoms with Crippen LogP contribution < -0.4 is 0 Å². The van der Waals surface area contributed by atoms with E-state index in [2.05, 4.69) is 4.98 Å². The van der Waals surface area contributed by atoms with Gasteiger partial charge in [0, 0.05) is 33.4 Å². The first kappa shape index (κ1) is 20.8. The summed E-state index contributed by atoms with van der Waals surface area (Å²) in [6.07, 6.45) is 4.26. The number of benzene rings is 1. The molecule has 0 saturated carbocycles. The predicted molar refractivity (Wildman–Crippen MR) is 111 cm³/mol. The second-order valence-electron chi connectivity index (χ2n) is 6.94. The number of aromatic nitrogens is 1.